The normalized spacial score (nSPS) is 16.4. The van der Waals surface area contributed by atoms with Gasteiger partial charge in [-0.05, 0) is 43.9 Å². The fourth-order valence-electron chi connectivity index (χ4n) is 5.54. The number of unbranched alkanes of at least 4 members (excludes halogenated alkanes) is 4. The standard InChI is InChI=1S/C33H57NO14/c1-4-5-10-21(3)31(48-30(42)18-23(33(45)46)16-28(39)40)26(47-29(41)17-22(32(43)44)15-27(37)38)14-20(2)13-24(35)11-8-6-7-9-12-25(36)19-34/h20-26,31,35-36H,4-19,34H2,1-3H3,(H,37,38)(H,39,40)(H,43,44)(H,45,46)/t20-,21-,22-,23-,24-,25-,26-,31-/m1/s1. The summed E-state index contributed by atoms with van der Waals surface area (Å²) < 4.78 is 11.4. The zero-order valence-electron chi connectivity index (χ0n) is 28.5. The average molecular weight is 692 g/mol. The lowest BCUT2D eigenvalue weighted by atomic mass is 9.87. The van der Waals surface area contributed by atoms with Crippen LogP contribution in [-0.4, -0.2) is 97.4 Å². The summed E-state index contributed by atoms with van der Waals surface area (Å²) in [6.45, 7) is 5.69. The number of hydrogen-bond acceptors (Lipinski definition) is 11. The van der Waals surface area contributed by atoms with Crippen LogP contribution in [0.4, 0.5) is 0 Å². The molecule has 0 rings (SSSR count). The molecule has 0 heterocycles. The Bertz CT molecular complexity index is 1000. The lowest BCUT2D eigenvalue weighted by Gasteiger charge is -2.33. The maximum atomic E-state index is 13.0. The van der Waals surface area contributed by atoms with Crippen molar-refractivity contribution in [2.75, 3.05) is 6.54 Å². The highest BCUT2D eigenvalue weighted by Gasteiger charge is 2.37. The molecule has 0 aromatic carbocycles. The van der Waals surface area contributed by atoms with Crippen LogP contribution in [0.3, 0.4) is 0 Å². The molecule has 48 heavy (non-hydrogen) atoms. The van der Waals surface area contributed by atoms with E-state index < -0.39 is 104 Å². The third kappa shape index (κ3) is 20.8. The molecular formula is C33H57NO14. The van der Waals surface area contributed by atoms with E-state index in [0.717, 1.165) is 32.1 Å². The van der Waals surface area contributed by atoms with E-state index in [0.29, 0.717) is 32.1 Å². The molecule has 0 aromatic heterocycles. The van der Waals surface area contributed by atoms with E-state index in [-0.39, 0.29) is 18.9 Å². The molecule has 15 heteroatoms. The molecule has 15 nitrogen and oxygen atoms in total. The van der Waals surface area contributed by atoms with E-state index in [9.17, 15) is 49.2 Å². The first kappa shape index (κ1) is 44.7. The number of nitrogens with two attached hydrogens (primary N) is 1. The highest BCUT2D eigenvalue weighted by molar-refractivity contribution is 5.83. The Hall–Kier alpha value is -3.30. The van der Waals surface area contributed by atoms with Crippen molar-refractivity contribution >= 4 is 35.8 Å². The van der Waals surface area contributed by atoms with Crippen LogP contribution >= 0.6 is 0 Å². The third-order valence-electron chi connectivity index (χ3n) is 8.26. The van der Waals surface area contributed by atoms with Crippen LogP contribution in [0.5, 0.6) is 0 Å². The Morgan fingerprint density at radius 1 is 0.625 bits per heavy atom. The van der Waals surface area contributed by atoms with Crippen LogP contribution in [0.25, 0.3) is 0 Å². The quantitative estimate of drug-likeness (QED) is 0.0438. The van der Waals surface area contributed by atoms with E-state index in [2.05, 4.69) is 0 Å². The molecule has 0 amide bonds. The van der Waals surface area contributed by atoms with Crippen LogP contribution in [0, 0.1) is 23.7 Å². The summed E-state index contributed by atoms with van der Waals surface area (Å²) in [6.07, 6.45) is 0.0490. The Balaban J connectivity index is 5.97. The van der Waals surface area contributed by atoms with Crippen LogP contribution in [0.1, 0.15) is 117 Å². The number of hydrogen-bond donors (Lipinski definition) is 7. The third-order valence-corrected chi connectivity index (χ3v) is 8.26. The van der Waals surface area contributed by atoms with Crippen LogP contribution in [-0.2, 0) is 38.2 Å². The number of aliphatic carboxylic acids is 4. The predicted octanol–water partition coefficient (Wildman–Crippen LogP) is 3.20. The molecule has 0 unspecified atom stereocenters. The predicted molar refractivity (Wildman–Crippen MR) is 172 cm³/mol. The number of ether oxygens (including phenoxy) is 2. The van der Waals surface area contributed by atoms with Crippen molar-refractivity contribution in [2.45, 2.75) is 141 Å². The molecule has 0 bridgehead atoms. The minimum atomic E-state index is -1.57. The van der Waals surface area contributed by atoms with Gasteiger partial charge in [-0.1, -0.05) is 59.3 Å². The van der Waals surface area contributed by atoms with E-state index >= 15 is 0 Å². The highest BCUT2D eigenvalue weighted by atomic mass is 16.6. The summed E-state index contributed by atoms with van der Waals surface area (Å²) in [5.74, 6) is -11.7. The summed E-state index contributed by atoms with van der Waals surface area (Å²) in [4.78, 5) is 71.5. The number of rotatable bonds is 29. The van der Waals surface area contributed by atoms with E-state index in [1.165, 1.54) is 0 Å². The van der Waals surface area contributed by atoms with Gasteiger partial charge in [-0.25, -0.2) is 0 Å². The first-order chi connectivity index (χ1) is 22.5. The summed E-state index contributed by atoms with van der Waals surface area (Å²) in [7, 11) is 0. The zero-order valence-corrected chi connectivity index (χ0v) is 28.5. The Labute approximate surface area is 282 Å². The first-order valence-corrected chi connectivity index (χ1v) is 16.8. The van der Waals surface area contributed by atoms with Crippen LogP contribution < -0.4 is 5.73 Å². The second-order valence-electron chi connectivity index (χ2n) is 12.9. The number of carbonyl (C=O) groups is 6. The van der Waals surface area contributed by atoms with Gasteiger partial charge in [0, 0.05) is 6.54 Å². The van der Waals surface area contributed by atoms with Gasteiger partial charge in [-0.15, -0.1) is 0 Å². The van der Waals surface area contributed by atoms with Crippen LogP contribution in [0.15, 0.2) is 0 Å². The van der Waals surface area contributed by atoms with Gasteiger partial charge in [0.2, 0.25) is 0 Å². The summed E-state index contributed by atoms with van der Waals surface area (Å²) in [5.41, 5.74) is 5.41. The first-order valence-electron chi connectivity index (χ1n) is 16.8. The molecule has 8 N–H and O–H groups in total. The SMILES string of the molecule is CCCC[C@@H](C)[C@@H](OC(=O)C[C@@H](CC(=O)O)C(=O)O)[C@@H](C[C@H](C)C[C@H](O)CCCCCC[C@@H](O)CN)OC(=O)C[C@@H](CC(=O)O)C(=O)O. The molecule has 0 radical (unpaired) electrons. The van der Waals surface area contributed by atoms with Crippen molar-refractivity contribution in [3.05, 3.63) is 0 Å². The Kier molecular flexibility index (Phi) is 23.1. The molecule has 0 aliphatic carbocycles. The van der Waals surface area contributed by atoms with Crippen molar-refractivity contribution in [3.8, 4) is 0 Å². The molecule has 0 saturated carbocycles. The average Bonchev–Trinajstić information content (AvgIpc) is 2.98. The molecule has 0 fully saturated rings. The highest BCUT2D eigenvalue weighted by Crippen LogP contribution is 2.29. The van der Waals surface area contributed by atoms with Gasteiger partial charge in [-0.2, -0.15) is 0 Å². The van der Waals surface area contributed by atoms with Crippen molar-refractivity contribution in [1.82, 2.24) is 0 Å². The second kappa shape index (κ2) is 24.8. The maximum absolute atomic E-state index is 13.0. The molecule has 0 spiro atoms. The van der Waals surface area contributed by atoms with Gasteiger partial charge < -0.3 is 45.8 Å². The smallest absolute Gasteiger partial charge is 0.307 e. The van der Waals surface area contributed by atoms with Crippen molar-refractivity contribution in [1.29, 1.82) is 0 Å². The molecule has 0 aliphatic rings. The van der Waals surface area contributed by atoms with Gasteiger partial charge >= 0.3 is 35.8 Å². The van der Waals surface area contributed by atoms with E-state index in [1.807, 2.05) is 6.92 Å². The number of aliphatic hydroxyl groups is 2. The number of carbonyl (C=O) groups excluding carboxylic acids is 2. The van der Waals surface area contributed by atoms with Gasteiger partial charge in [0.05, 0.1) is 49.7 Å². The molecule has 0 aliphatic heterocycles. The summed E-state index contributed by atoms with van der Waals surface area (Å²) >= 11 is 0. The number of carboxylic acids is 4. The molecular weight excluding hydrogens is 634 g/mol. The second-order valence-corrected chi connectivity index (χ2v) is 12.9. The van der Waals surface area contributed by atoms with Gasteiger partial charge in [0.1, 0.15) is 12.2 Å². The molecule has 0 saturated heterocycles. The minimum absolute atomic E-state index is 0.0718. The monoisotopic (exact) mass is 691 g/mol. The van der Waals surface area contributed by atoms with E-state index in [4.69, 9.17) is 25.4 Å². The van der Waals surface area contributed by atoms with Crippen molar-refractivity contribution in [2.24, 2.45) is 29.4 Å². The van der Waals surface area contributed by atoms with Crippen molar-refractivity contribution < 1.29 is 68.9 Å². The lowest BCUT2D eigenvalue weighted by molar-refractivity contribution is -0.177. The van der Waals surface area contributed by atoms with Gasteiger partial charge in [-0.3, -0.25) is 28.8 Å². The minimum Gasteiger partial charge on any atom is -0.481 e. The Morgan fingerprint density at radius 3 is 1.54 bits per heavy atom. The molecule has 278 valence electrons. The molecule has 0 aromatic rings. The number of carboxylic acid groups (broad SMARTS) is 4. The number of aliphatic hydroxyl groups excluding tert-OH is 2. The Morgan fingerprint density at radius 2 is 1.10 bits per heavy atom. The number of esters is 2. The van der Waals surface area contributed by atoms with Crippen LogP contribution in [0.2, 0.25) is 0 Å². The largest absolute Gasteiger partial charge is 0.481 e. The fraction of sp³-hybridized carbons (Fsp3) is 0.818. The molecule has 8 atom stereocenters. The summed E-state index contributed by atoms with van der Waals surface area (Å²) in [5, 5.41) is 57.3. The topological polar surface area (TPSA) is 268 Å². The van der Waals surface area contributed by atoms with E-state index in [1.54, 1.807) is 13.8 Å². The lowest BCUT2D eigenvalue weighted by Crippen LogP contribution is -2.42. The van der Waals surface area contributed by atoms with Gasteiger partial charge in [0.15, 0.2) is 0 Å². The zero-order chi connectivity index (χ0) is 36.8. The summed E-state index contributed by atoms with van der Waals surface area (Å²) in [6, 6.07) is 0. The van der Waals surface area contributed by atoms with Crippen molar-refractivity contribution in [3.63, 3.8) is 0 Å². The fourth-order valence-corrected chi connectivity index (χ4v) is 5.54. The van der Waals surface area contributed by atoms with Gasteiger partial charge in [0.25, 0.3) is 0 Å². The maximum Gasteiger partial charge on any atom is 0.307 e.